The van der Waals surface area contributed by atoms with Crippen LogP contribution in [0.3, 0.4) is 0 Å². The Balaban J connectivity index is 1.21. The van der Waals surface area contributed by atoms with Crippen molar-refractivity contribution in [3.8, 4) is 17.2 Å². The topological polar surface area (TPSA) is 60.4 Å². The van der Waals surface area contributed by atoms with Crippen LogP contribution in [0.4, 0.5) is 0 Å². The predicted octanol–water partition coefficient (Wildman–Crippen LogP) is 3.70. The van der Waals surface area contributed by atoms with E-state index in [1.165, 1.54) is 5.56 Å². The maximum Gasteiger partial charge on any atom is 0.161 e. The molecule has 0 unspecified atom stereocenters. The molecule has 0 bridgehead atoms. The smallest absolute Gasteiger partial charge is 0.161 e. The van der Waals surface area contributed by atoms with Crippen molar-refractivity contribution >= 4 is 11.6 Å². The molecule has 2 aliphatic heterocycles. The zero-order valence-corrected chi connectivity index (χ0v) is 17.7. The fourth-order valence-electron chi connectivity index (χ4n) is 3.98. The van der Waals surface area contributed by atoms with Crippen LogP contribution >= 0.6 is 11.6 Å². The van der Waals surface area contributed by atoms with Gasteiger partial charge in [0.15, 0.2) is 11.5 Å². The number of hydrogen-bond acceptors (Lipinski definition) is 6. The van der Waals surface area contributed by atoms with Crippen molar-refractivity contribution in [3.05, 3.63) is 53.1 Å². The molecule has 0 radical (unpaired) electrons. The normalized spacial score (nSPS) is 19.6. The molecule has 1 N–H and O–H groups in total. The van der Waals surface area contributed by atoms with Gasteiger partial charge in [-0.15, -0.1) is 0 Å². The van der Waals surface area contributed by atoms with Gasteiger partial charge in [-0.2, -0.15) is 0 Å². The molecule has 2 aromatic carbocycles. The van der Waals surface area contributed by atoms with Crippen LogP contribution in [0.1, 0.15) is 24.4 Å². The highest BCUT2D eigenvalue weighted by molar-refractivity contribution is 6.30. The second kappa shape index (κ2) is 10.4. The number of hydrogen-bond donors (Lipinski definition) is 1. The SMILES string of the molecule is O[C@@H](COCCOc1ccc(Cl)cc1)CN1CCC[C@@H]1c1ccc2c(c1)OCCO2. The zero-order chi connectivity index (χ0) is 20.8. The Morgan fingerprint density at radius 2 is 1.87 bits per heavy atom. The number of likely N-dealkylation sites (tertiary alicyclic amines) is 1. The standard InChI is InChI=1S/C23H28ClNO5/c24-18-4-6-20(7-5-18)28-11-10-27-16-19(26)15-25-9-1-2-21(25)17-3-8-22-23(14-17)30-13-12-29-22/h3-8,14,19,21,26H,1-2,9-13,15-16H2/t19-,21-/m1/s1. The summed E-state index contributed by atoms with van der Waals surface area (Å²) in [7, 11) is 0. The Kier molecular flexibility index (Phi) is 7.33. The zero-order valence-electron chi connectivity index (χ0n) is 17.0. The van der Waals surface area contributed by atoms with Gasteiger partial charge in [0.2, 0.25) is 0 Å². The summed E-state index contributed by atoms with van der Waals surface area (Å²) in [6.45, 7) is 3.87. The van der Waals surface area contributed by atoms with Crippen molar-refractivity contribution in [2.45, 2.75) is 25.0 Å². The summed E-state index contributed by atoms with van der Waals surface area (Å²) in [5, 5.41) is 11.1. The Labute approximate surface area is 182 Å². The number of benzene rings is 2. The van der Waals surface area contributed by atoms with E-state index in [2.05, 4.69) is 17.0 Å². The molecule has 162 valence electrons. The van der Waals surface area contributed by atoms with Gasteiger partial charge < -0.3 is 24.1 Å². The Morgan fingerprint density at radius 3 is 2.70 bits per heavy atom. The van der Waals surface area contributed by atoms with Crippen molar-refractivity contribution in [1.82, 2.24) is 4.90 Å². The number of aliphatic hydroxyl groups excluding tert-OH is 1. The third-order valence-corrected chi connectivity index (χ3v) is 5.63. The van der Waals surface area contributed by atoms with Gasteiger partial charge in [-0.25, -0.2) is 0 Å². The van der Waals surface area contributed by atoms with Crippen molar-refractivity contribution in [2.75, 3.05) is 46.1 Å². The summed E-state index contributed by atoms with van der Waals surface area (Å²) in [4.78, 5) is 2.32. The summed E-state index contributed by atoms with van der Waals surface area (Å²) in [6, 6.07) is 13.7. The van der Waals surface area contributed by atoms with Crippen molar-refractivity contribution in [3.63, 3.8) is 0 Å². The minimum Gasteiger partial charge on any atom is -0.491 e. The van der Waals surface area contributed by atoms with Crippen LogP contribution in [0.15, 0.2) is 42.5 Å². The van der Waals surface area contributed by atoms with Crippen LogP contribution in [0, 0.1) is 0 Å². The molecule has 0 saturated carbocycles. The minimum atomic E-state index is -0.543. The summed E-state index contributed by atoms with van der Waals surface area (Å²) in [6.07, 6.45) is 1.64. The van der Waals surface area contributed by atoms with Crippen molar-refractivity contribution in [1.29, 1.82) is 0 Å². The van der Waals surface area contributed by atoms with Gasteiger partial charge in [0.25, 0.3) is 0 Å². The second-order valence-electron chi connectivity index (χ2n) is 7.59. The van der Waals surface area contributed by atoms with Crippen LogP contribution in [0.25, 0.3) is 0 Å². The van der Waals surface area contributed by atoms with E-state index in [0.717, 1.165) is 36.6 Å². The molecule has 1 fully saturated rings. The summed E-state index contributed by atoms with van der Waals surface area (Å²) >= 11 is 5.86. The summed E-state index contributed by atoms with van der Waals surface area (Å²) in [5.41, 5.74) is 1.21. The van der Waals surface area contributed by atoms with E-state index >= 15 is 0 Å². The number of nitrogens with zero attached hydrogens (tertiary/aromatic N) is 1. The fraction of sp³-hybridized carbons (Fsp3) is 0.478. The van der Waals surface area contributed by atoms with Crippen LogP contribution in [0.2, 0.25) is 5.02 Å². The highest BCUT2D eigenvalue weighted by Gasteiger charge is 2.28. The molecule has 2 atom stereocenters. The summed E-state index contributed by atoms with van der Waals surface area (Å²) in [5.74, 6) is 2.38. The van der Waals surface area contributed by atoms with Crippen LogP contribution in [0.5, 0.6) is 17.2 Å². The van der Waals surface area contributed by atoms with E-state index in [1.807, 2.05) is 18.2 Å². The molecule has 0 spiro atoms. The van der Waals surface area contributed by atoms with Crippen molar-refractivity contribution in [2.24, 2.45) is 0 Å². The van der Waals surface area contributed by atoms with Gasteiger partial charge in [0.1, 0.15) is 25.6 Å². The van der Waals surface area contributed by atoms with E-state index in [9.17, 15) is 5.11 Å². The first-order valence-electron chi connectivity index (χ1n) is 10.5. The predicted molar refractivity (Wildman–Crippen MR) is 115 cm³/mol. The highest BCUT2D eigenvalue weighted by atomic mass is 35.5. The molecule has 0 aromatic heterocycles. The van der Waals surface area contributed by atoms with Gasteiger partial charge in [-0.05, 0) is 61.3 Å². The fourth-order valence-corrected chi connectivity index (χ4v) is 4.11. The number of rotatable bonds is 9. The first kappa shape index (κ1) is 21.2. The van der Waals surface area contributed by atoms with Gasteiger partial charge in [0, 0.05) is 17.6 Å². The van der Waals surface area contributed by atoms with Gasteiger partial charge in [0.05, 0.1) is 19.3 Å². The molecular formula is C23H28ClNO5. The lowest BCUT2D eigenvalue weighted by molar-refractivity contribution is 0.00584. The Bertz CT molecular complexity index is 816. The molecule has 0 aliphatic carbocycles. The number of aliphatic hydroxyl groups is 1. The van der Waals surface area contributed by atoms with Crippen LogP contribution in [-0.4, -0.2) is 62.2 Å². The first-order chi connectivity index (χ1) is 14.7. The third kappa shape index (κ3) is 5.58. The average Bonchev–Trinajstić information content (AvgIpc) is 3.22. The maximum absolute atomic E-state index is 10.4. The lowest BCUT2D eigenvalue weighted by Crippen LogP contribution is -2.35. The Hall–Kier alpha value is -1.99. The number of ether oxygens (including phenoxy) is 4. The van der Waals surface area contributed by atoms with Gasteiger partial charge in [-0.1, -0.05) is 17.7 Å². The molecular weight excluding hydrogens is 406 g/mol. The van der Waals surface area contributed by atoms with Crippen LogP contribution < -0.4 is 14.2 Å². The molecule has 4 rings (SSSR count). The van der Waals surface area contributed by atoms with Gasteiger partial charge >= 0.3 is 0 Å². The lowest BCUT2D eigenvalue weighted by atomic mass is 10.0. The number of β-amino-alcohol motifs (C(OH)–C–C–N with tert-alkyl or cyclic N) is 1. The molecule has 0 amide bonds. The second-order valence-corrected chi connectivity index (χ2v) is 8.02. The number of fused-ring (bicyclic) bond motifs is 1. The van der Waals surface area contributed by atoms with Gasteiger partial charge in [-0.3, -0.25) is 4.90 Å². The first-order valence-corrected chi connectivity index (χ1v) is 10.8. The molecule has 2 heterocycles. The van der Waals surface area contributed by atoms with Crippen molar-refractivity contribution < 1.29 is 24.1 Å². The van der Waals surface area contributed by atoms with E-state index in [1.54, 1.807) is 12.1 Å². The maximum atomic E-state index is 10.4. The van der Waals surface area contributed by atoms with E-state index in [4.69, 9.17) is 30.5 Å². The van der Waals surface area contributed by atoms with E-state index in [-0.39, 0.29) is 12.6 Å². The van der Waals surface area contributed by atoms with E-state index in [0.29, 0.717) is 38.0 Å². The minimum absolute atomic E-state index is 0.281. The molecule has 2 aliphatic rings. The molecule has 2 aromatic rings. The largest absolute Gasteiger partial charge is 0.491 e. The molecule has 30 heavy (non-hydrogen) atoms. The van der Waals surface area contributed by atoms with E-state index < -0.39 is 6.10 Å². The Morgan fingerprint density at radius 1 is 1.07 bits per heavy atom. The molecule has 1 saturated heterocycles. The number of halogens is 1. The monoisotopic (exact) mass is 433 g/mol. The summed E-state index contributed by atoms with van der Waals surface area (Å²) < 4.78 is 22.5. The quantitative estimate of drug-likeness (QED) is 0.608. The molecule has 7 heteroatoms. The lowest BCUT2D eigenvalue weighted by Gasteiger charge is -2.28. The average molecular weight is 434 g/mol. The third-order valence-electron chi connectivity index (χ3n) is 5.38. The van der Waals surface area contributed by atoms with Crippen LogP contribution in [-0.2, 0) is 4.74 Å². The molecule has 6 nitrogen and oxygen atoms in total. The highest BCUT2D eigenvalue weighted by Crippen LogP contribution is 2.38.